The van der Waals surface area contributed by atoms with Gasteiger partial charge in [-0.2, -0.15) is 5.10 Å². The minimum atomic E-state index is -0.309. The number of furan rings is 1. The van der Waals surface area contributed by atoms with Crippen molar-refractivity contribution in [2.75, 3.05) is 0 Å². The van der Waals surface area contributed by atoms with Crippen LogP contribution < -0.4 is 5.43 Å². The Hall–Kier alpha value is -3.32. The molecule has 0 atom stereocenters. The number of hydrogen-bond acceptors (Lipinski definition) is 6. The van der Waals surface area contributed by atoms with Gasteiger partial charge in [-0.05, 0) is 36.4 Å². The van der Waals surface area contributed by atoms with Gasteiger partial charge in [-0.1, -0.05) is 12.1 Å². The number of para-hydroxylation sites is 1. The average Bonchev–Trinajstić information content (AvgIpc) is 3.29. The molecule has 3 aromatic heterocycles. The molecule has 3 heterocycles. The van der Waals surface area contributed by atoms with Gasteiger partial charge in [0.25, 0.3) is 5.91 Å². The van der Waals surface area contributed by atoms with Crippen molar-refractivity contribution in [3.8, 4) is 10.8 Å². The number of nitrogens with one attached hydrogen (secondary N) is 1. The Morgan fingerprint density at radius 2 is 1.96 bits per heavy atom. The predicted molar refractivity (Wildman–Crippen MR) is 96.6 cm³/mol. The van der Waals surface area contributed by atoms with Crippen molar-refractivity contribution in [1.82, 2.24) is 15.4 Å². The highest BCUT2D eigenvalue weighted by Gasteiger charge is 2.09. The van der Waals surface area contributed by atoms with E-state index >= 15 is 0 Å². The minimum Gasteiger partial charge on any atom is -0.453 e. The largest absolute Gasteiger partial charge is 0.453 e. The molecule has 0 fully saturated rings. The zero-order chi connectivity index (χ0) is 17.1. The highest BCUT2D eigenvalue weighted by molar-refractivity contribution is 7.21. The number of aromatic nitrogens is 2. The van der Waals surface area contributed by atoms with E-state index in [9.17, 15) is 4.79 Å². The van der Waals surface area contributed by atoms with Crippen LogP contribution in [0.4, 0.5) is 0 Å². The highest BCUT2D eigenvalue weighted by Crippen LogP contribution is 2.30. The summed E-state index contributed by atoms with van der Waals surface area (Å²) < 4.78 is 6.83. The minimum absolute atomic E-state index is 0.309. The Bertz CT molecular complexity index is 1020. The summed E-state index contributed by atoms with van der Waals surface area (Å²) in [7, 11) is 0. The van der Waals surface area contributed by atoms with Crippen molar-refractivity contribution >= 4 is 33.7 Å². The van der Waals surface area contributed by atoms with Gasteiger partial charge >= 0.3 is 0 Å². The number of pyridine rings is 1. The molecule has 4 aromatic rings. The van der Waals surface area contributed by atoms with Crippen LogP contribution in [-0.2, 0) is 0 Å². The normalized spacial score (nSPS) is 11.2. The summed E-state index contributed by atoms with van der Waals surface area (Å²) in [5.41, 5.74) is 3.88. The van der Waals surface area contributed by atoms with Crippen LogP contribution in [0.3, 0.4) is 0 Å². The number of amides is 1. The van der Waals surface area contributed by atoms with Crippen LogP contribution >= 0.6 is 11.3 Å². The second-order valence-corrected chi connectivity index (χ2v) is 6.15. The number of thiazole rings is 1. The number of carbonyl (C=O) groups is 1. The molecule has 0 aliphatic rings. The quantitative estimate of drug-likeness (QED) is 0.450. The van der Waals surface area contributed by atoms with Crippen molar-refractivity contribution in [2.45, 2.75) is 0 Å². The standard InChI is InChI=1S/C18H12N4O2S/c23-17(12-7-9-19-10-8-12)22-20-11-13-5-6-15(24-13)18-21-14-3-1-2-4-16(14)25-18/h1-11H,(H,22,23)/b20-11-. The third kappa shape index (κ3) is 3.31. The van der Waals surface area contributed by atoms with E-state index in [0.29, 0.717) is 17.1 Å². The Kier molecular flexibility index (Phi) is 4.05. The van der Waals surface area contributed by atoms with Gasteiger partial charge in [0.1, 0.15) is 5.76 Å². The maximum absolute atomic E-state index is 11.9. The van der Waals surface area contributed by atoms with Crippen LogP contribution in [0.1, 0.15) is 16.1 Å². The molecule has 0 aliphatic carbocycles. The van der Waals surface area contributed by atoms with Crippen molar-refractivity contribution in [3.05, 3.63) is 72.2 Å². The fourth-order valence-electron chi connectivity index (χ4n) is 2.24. The molecule has 0 unspecified atom stereocenters. The summed E-state index contributed by atoms with van der Waals surface area (Å²) in [6.45, 7) is 0. The van der Waals surface area contributed by atoms with E-state index in [1.165, 1.54) is 6.21 Å². The van der Waals surface area contributed by atoms with E-state index in [2.05, 4.69) is 20.5 Å². The Morgan fingerprint density at radius 3 is 2.80 bits per heavy atom. The molecule has 1 aromatic carbocycles. The molecular weight excluding hydrogens is 336 g/mol. The third-order valence-electron chi connectivity index (χ3n) is 3.43. The van der Waals surface area contributed by atoms with Crippen LogP contribution in [0.15, 0.2) is 70.4 Å². The van der Waals surface area contributed by atoms with E-state index < -0.39 is 0 Å². The summed E-state index contributed by atoms with van der Waals surface area (Å²) in [6, 6.07) is 14.8. The van der Waals surface area contributed by atoms with E-state index in [4.69, 9.17) is 4.42 Å². The van der Waals surface area contributed by atoms with E-state index in [1.54, 1.807) is 41.9 Å². The van der Waals surface area contributed by atoms with Gasteiger partial charge in [-0.3, -0.25) is 9.78 Å². The van der Waals surface area contributed by atoms with Crippen molar-refractivity contribution in [1.29, 1.82) is 0 Å². The molecule has 7 heteroatoms. The summed E-state index contributed by atoms with van der Waals surface area (Å²) in [4.78, 5) is 20.3. The van der Waals surface area contributed by atoms with Gasteiger partial charge in [-0.25, -0.2) is 10.4 Å². The Balaban J connectivity index is 1.47. The number of hydrazone groups is 1. The zero-order valence-electron chi connectivity index (χ0n) is 12.9. The van der Waals surface area contributed by atoms with Gasteiger partial charge in [0, 0.05) is 18.0 Å². The van der Waals surface area contributed by atoms with Crippen LogP contribution in [0, 0.1) is 0 Å². The molecule has 1 N–H and O–H groups in total. The zero-order valence-corrected chi connectivity index (χ0v) is 13.7. The molecule has 4 rings (SSSR count). The van der Waals surface area contributed by atoms with Crippen molar-refractivity contribution < 1.29 is 9.21 Å². The lowest BCUT2D eigenvalue weighted by atomic mass is 10.3. The monoisotopic (exact) mass is 348 g/mol. The first-order valence-corrected chi connectivity index (χ1v) is 8.30. The van der Waals surface area contributed by atoms with Gasteiger partial charge in [0.15, 0.2) is 10.8 Å². The van der Waals surface area contributed by atoms with Crippen LogP contribution in [0.5, 0.6) is 0 Å². The molecule has 122 valence electrons. The smallest absolute Gasteiger partial charge is 0.271 e. The number of nitrogens with zero attached hydrogens (tertiary/aromatic N) is 3. The van der Waals surface area contributed by atoms with E-state index in [1.807, 2.05) is 30.3 Å². The van der Waals surface area contributed by atoms with Gasteiger partial charge in [-0.15, -0.1) is 11.3 Å². The highest BCUT2D eigenvalue weighted by atomic mass is 32.1. The fourth-order valence-corrected chi connectivity index (χ4v) is 3.16. The summed E-state index contributed by atoms with van der Waals surface area (Å²) >= 11 is 1.56. The van der Waals surface area contributed by atoms with Crippen molar-refractivity contribution in [2.24, 2.45) is 5.10 Å². The second kappa shape index (κ2) is 6.66. The number of fused-ring (bicyclic) bond motifs is 1. The Labute approximate surface area is 146 Å². The molecule has 0 radical (unpaired) electrons. The van der Waals surface area contributed by atoms with Gasteiger partial charge in [0.2, 0.25) is 0 Å². The van der Waals surface area contributed by atoms with Crippen LogP contribution in [0.25, 0.3) is 21.0 Å². The lowest BCUT2D eigenvalue weighted by Gasteiger charge is -1.97. The number of hydrogen-bond donors (Lipinski definition) is 1. The van der Waals surface area contributed by atoms with E-state index in [0.717, 1.165) is 15.2 Å². The van der Waals surface area contributed by atoms with Crippen LogP contribution in [0.2, 0.25) is 0 Å². The first kappa shape index (κ1) is 15.2. The molecule has 25 heavy (non-hydrogen) atoms. The summed E-state index contributed by atoms with van der Waals surface area (Å²) in [5, 5.41) is 4.72. The number of benzene rings is 1. The number of carbonyl (C=O) groups excluding carboxylic acids is 1. The second-order valence-electron chi connectivity index (χ2n) is 5.12. The molecular formula is C18H12N4O2S. The fraction of sp³-hybridized carbons (Fsp3) is 0. The SMILES string of the molecule is O=C(N/N=C\c1ccc(-c2nc3ccccc3s2)o1)c1ccncc1. The maximum atomic E-state index is 11.9. The number of rotatable bonds is 4. The van der Waals surface area contributed by atoms with Crippen molar-refractivity contribution in [3.63, 3.8) is 0 Å². The van der Waals surface area contributed by atoms with Crippen LogP contribution in [-0.4, -0.2) is 22.1 Å². The Morgan fingerprint density at radius 1 is 1.12 bits per heavy atom. The molecule has 1 amide bonds. The molecule has 0 spiro atoms. The topological polar surface area (TPSA) is 80.4 Å². The predicted octanol–water partition coefficient (Wildman–Crippen LogP) is 3.72. The molecule has 0 aliphatic heterocycles. The molecule has 0 bridgehead atoms. The maximum Gasteiger partial charge on any atom is 0.271 e. The van der Waals surface area contributed by atoms with Gasteiger partial charge < -0.3 is 4.42 Å². The first-order chi connectivity index (χ1) is 12.3. The third-order valence-corrected chi connectivity index (χ3v) is 4.48. The summed E-state index contributed by atoms with van der Waals surface area (Å²) in [6.07, 6.45) is 4.56. The molecule has 6 nitrogen and oxygen atoms in total. The average molecular weight is 348 g/mol. The van der Waals surface area contributed by atoms with E-state index in [-0.39, 0.29) is 5.91 Å². The lowest BCUT2D eigenvalue weighted by molar-refractivity contribution is 0.0955. The lowest BCUT2D eigenvalue weighted by Crippen LogP contribution is -2.17. The van der Waals surface area contributed by atoms with Gasteiger partial charge in [0.05, 0.1) is 16.4 Å². The molecule has 0 saturated heterocycles. The molecule has 0 saturated carbocycles. The first-order valence-electron chi connectivity index (χ1n) is 7.49. The summed E-state index contributed by atoms with van der Waals surface area (Å²) in [5.74, 6) is 0.893.